The van der Waals surface area contributed by atoms with Crippen LogP contribution in [0.3, 0.4) is 0 Å². The zero-order valence-electron chi connectivity index (χ0n) is 14.5. The molecular formula is C19H13BrClFN2O4. The summed E-state index contributed by atoms with van der Waals surface area (Å²) in [7, 11) is 0. The minimum Gasteiger partial charge on any atom is -0.491 e. The highest BCUT2D eigenvalue weighted by Gasteiger charge is 2.37. The molecule has 3 rings (SSSR count). The second kappa shape index (κ2) is 8.12. The first-order valence-electron chi connectivity index (χ1n) is 8.10. The highest BCUT2D eigenvalue weighted by Crippen LogP contribution is 2.35. The molecule has 0 saturated carbocycles. The smallest absolute Gasteiger partial charge is 0.335 e. The lowest BCUT2D eigenvalue weighted by molar-refractivity contribution is -0.122. The topological polar surface area (TPSA) is 75.7 Å². The van der Waals surface area contributed by atoms with Crippen LogP contribution < -0.4 is 15.0 Å². The first-order valence-corrected chi connectivity index (χ1v) is 9.27. The van der Waals surface area contributed by atoms with Crippen molar-refractivity contribution in [2.24, 2.45) is 0 Å². The van der Waals surface area contributed by atoms with Crippen molar-refractivity contribution in [3.05, 3.63) is 62.8 Å². The number of nitrogens with one attached hydrogen (secondary N) is 1. The van der Waals surface area contributed by atoms with Gasteiger partial charge in [-0.1, -0.05) is 17.7 Å². The lowest BCUT2D eigenvalue weighted by Crippen LogP contribution is -2.54. The monoisotopic (exact) mass is 466 g/mol. The Hall–Kier alpha value is -2.71. The second-order valence-corrected chi connectivity index (χ2v) is 6.95. The Morgan fingerprint density at radius 3 is 2.64 bits per heavy atom. The van der Waals surface area contributed by atoms with E-state index in [1.807, 2.05) is 6.92 Å². The summed E-state index contributed by atoms with van der Waals surface area (Å²) in [5, 5.41) is 2.36. The van der Waals surface area contributed by atoms with E-state index < -0.39 is 23.7 Å². The third-order valence-corrected chi connectivity index (χ3v) is 4.66. The summed E-state index contributed by atoms with van der Waals surface area (Å²) < 4.78 is 19.5. The third kappa shape index (κ3) is 3.93. The Bertz CT molecular complexity index is 1000. The molecule has 0 aliphatic carbocycles. The maximum absolute atomic E-state index is 13.5. The number of benzene rings is 2. The second-order valence-electron chi connectivity index (χ2n) is 5.68. The number of rotatable bonds is 4. The average molecular weight is 468 g/mol. The molecule has 28 heavy (non-hydrogen) atoms. The van der Waals surface area contributed by atoms with E-state index in [9.17, 15) is 18.8 Å². The molecule has 2 aromatic rings. The van der Waals surface area contributed by atoms with Crippen LogP contribution in [0.25, 0.3) is 6.08 Å². The summed E-state index contributed by atoms with van der Waals surface area (Å²) in [6.45, 7) is 2.21. The Balaban J connectivity index is 2.02. The molecule has 0 bridgehead atoms. The van der Waals surface area contributed by atoms with Crippen LogP contribution in [0.4, 0.5) is 14.9 Å². The van der Waals surface area contributed by atoms with E-state index >= 15 is 0 Å². The number of barbiturate groups is 1. The lowest BCUT2D eigenvalue weighted by Gasteiger charge is -2.26. The number of anilines is 1. The van der Waals surface area contributed by atoms with Gasteiger partial charge in [0.15, 0.2) is 5.75 Å². The van der Waals surface area contributed by atoms with Crippen molar-refractivity contribution in [3.63, 3.8) is 0 Å². The van der Waals surface area contributed by atoms with Crippen molar-refractivity contribution in [3.8, 4) is 5.75 Å². The minimum absolute atomic E-state index is 0.00630. The SMILES string of the molecule is CCOc1c(Cl)cc(/C=C2\C(=O)NC(=O)N(c3cccc(F)c3)C2=O)cc1Br. The molecule has 4 amide bonds. The van der Waals surface area contributed by atoms with Gasteiger partial charge in [0.05, 0.1) is 21.8 Å². The molecule has 0 radical (unpaired) electrons. The molecule has 1 saturated heterocycles. The van der Waals surface area contributed by atoms with Crippen molar-refractivity contribution in [2.75, 3.05) is 11.5 Å². The largest absolute Gasteiger partial charge is 0.491 e. The molecule has 144 valence electrons. The van der Waals surface area contributed by atoms with Crippen LogP contribution >= 0.6 is 27.5 Å². The molecule has 0 unspecified atom stereocenters. The molecule has 1 aliphatic rings. The number of nitrogens with zero attached hydrogens (tertiary/aromatic N) is 1. The van der Waals surface area contributed by atoms with Gasteiger partial charge in [-0.15, -0.1) is 0 Å². The standard InChI is InChI=1S/C19H13BrClFN2O4/c1-2-28-16-14(20)7-10(8-15(16)21)6-13-17(25)23-19(27)24(18(13)26)12-5-3-4-11(22)9-12/h3-9H,2H2,1H3,(H,23,25,27)/b13-6+. The predicted octanol–water partition coefficient (Wildman–Crippen LogP) is 4.31. The number of hydrogen-bond acceptors (Lipinski definition) is 4. The summed E-state index contributed by atoms with van der Waals surface area (Å²) in [4.78, 5) is 37.8. The first-order chi connectivity index (χ1) is 13.3. The molecule has 1 fully saturated rings. The third-order valence-electron chi connectivity index (χ3n) is 3.79. The van der Waals surface area contributed by atoms with Crippen molar-refractivity contribution in [1.82, 2.24) is 5.32 Å². The van der Waals surface area contributed by atoms with Crippen molar-refractivity contribution in [2.45, 2.75) is 6.92 Å². The Morgan fingerprint density at radius 1 is 1.25 bits per heavy atom. The van der Waals surface area contributed by atoms with Gasteiger partial charge in [-0.3, -0.25) is 14.9 Å². The molecule has 9 heteroatoms. The zero-order valence-corrected chi connectivity index (χ0v) is 16.8. The molecule has 0 atom stereocenters. The van der Waals surface area contributed by atoms with Crippen LogP contribution in [0.15, 0.2) is 46.4 Å². The number of hydrogen-bond donors (Lipinski definition) is 1. The number of carbonyl (C=O) groups is 3. The van der Waals surface area contributed by atoms with Crippen molar-refractivity contribution < 1.29 is 23.5 Å². The van der Waals surface area contributed by atoms with Crippen LogP contribution in [0, 0.1) is 5.82 Å². The van der Waals surface area contributed by atoms with E-state index in [-0.39, 0.29) is 16.3 Å². The molecule has 1 N–H and O–H groups in total. The molecule has 1 aliphatic heterocycles. The van der Waals surface area contributed by atoms with Gasteiger partial charge in [0.25, 0.3) is 11.8 Å². The van der Waals surface area contributed by atoms with E-state index in [0.29, 0.717) is 27.3 Å². The Kier molecular flexibility index (Phi) is 5.81. The molecule has 0 aromatic heterocycles. The van der Waals surface area contributed by atoms with Crippen LogP contribution in [0.1, 0.15) is 12.5 Å². The summed E-state index contributed by atoms with van der Waals surface area (Å²) in [5.41, 5.74) is 0.148. The van der Waals surface area contributed by atoms with Crippen molar-refractivity contribution in [1.29, 1.82) is 0 Å². The van der Waals surface area contributed by atoms with Gasteiger partial charge in [-0.25, -0.2) is 14.1 Å². The maximum Gasteiger partial charge on any atom is 0.335 e. The number of carbonyl (C=O) groups excluding carboxylic acids is 3. The van der Waals surface area contributed by atoms with Gasteiger partial charge >= 0.3 is 6.03 Å². The predicted molar refractivity (Wildman–Crippen MR) is 106 cm³/mol. The normalized spacial score (nSPS) is 15.8. The molecule has 0 spiro atoms. The maximum atomic E-state index is 13.5. The number of amides is 4. The first kappa shape index (κ1) is 20.0. The number of urea groups is 1. The van der Waals surface area contributed by atoms with Crippen LogP contribution in [-0.4, -0.2) is 24.5 Å². The number of imide groups is 2. The van der Waals surface area contributed by atoms with E-state index in [1.54, 1.807) is 6.07 Å². The number of halogens is 3. The summed E-state index contributed by atoms with van der Waals surface area (Å²) in [6.07, 6.45) is 1.29. The van der Waals surface area contributed by atoms with Gasteiger partial charge in [-0.05, 0) is 64.8 Å². The van der Waals surface area contributed by atoms with Crippen LogP contribution in [0.2, 0.25) is 5.02 Å². The van der Waals surface area contributed by atoms with Gasteiger partial charge in [-0.2, -0.15) is 0 Å². The van der Waals surface area contributed by atoms with E-state index in [0.717, 1.165) is 6.07 Å². The fraction of sp³-hybridized carbons (Fsp3) is 0.105. The van der Waals surface area contributed by atoms with E-state index in [4.69, 9.17) is 16.3 Å². The van der Waals surface area contributed by atoms with Gasteiger partial charge in [0.2, 0.25) is 0 Å². The average Bonchev–Trinajstić information content (AvgIpc) is 2.61. The number of ether oxygens (including phenoxy) is 1. The highest BCUT2D eigenvalue weighted by molar-refractivity contribution is 9.10. The highest BCUT2D eigenvalue weighted by atomic mass is 79.9. The summed E-state index contributed by atoms with van der Waals surface area (Å²) >= 11 is 9.52. The van der Waals surface area contributed by atoms with Crippen LogP contribution in [0.5, 0.6) is 5.75 Å². The zero-order chi connectivity index (χ0) is 20.4. The van der Waals surface area contributed by atoms with Gasteiger partial charge in [0, 0.05) is 0 Å². The fourth-order valence-corrected chi connectivity index (χ4v) is 3.61. The molecule has 2 aromatic carbocycles. The molecular weight excluding hydrogens is 455 g/mol. The van der Waals surface area contributed by atoms with Gasteiger partial charge < -0.3 is 4.74 Å². The van der Waals surface area contributed by atoms with Crippen LogP contribution in [-0.2, 0) is 9.59 Å². The molecule has 6 nitrogen and oxygen atoms in total. The van der Waals surface area contributed by atoms with Crippen molar-refractivity contribution >= 4 is 57.1 Å². The fourth-order valence-electron chi connectivity index (χ4n) is 2.62. The Morgan fingerprint density at radius 2 is 2.00 bits per heavy atom. The molecule has 1 heterocycles. The Labute approximate surface area is 173 Å². The quantitative estimate of drug-likeness (QED) is 0.537. The minimum atomic E-state index is -0.955. The van der Waals surface area contributed by atoms with E-state index in [2.05, 4.69) is 21.2 Å². The summed E-state index contributed by atoms with van der Waals surface area (Å²) in [6, 6.07) is 7.13. The van der Waals surface area contributed by atoms with Gasteiger partial charge in [0.1, 0.15) is 11.4 Å². The van der Waals surface area contributed by atoms with E-state index in [1.165, 1.54) is 30.3 Å². The summed E-state index contributed by atoms with van der Waals surface area (Å²) in [5.74, 6) is -1.92. The lowest BCUT2D eigenvalue weighted by atomic mass is 10.1.